The van der Waals surface area contributed by atoms with E-state index in [9.17, 15) is 4.79 Å². The van der Waals surface area contributed by atoms with Crippen LogP contribution < -0.4 is 0 Å². The number of halogens is 1. The molecular formula is C16H29BrO3. The van der Waals surface area contributed by atoms with Crippen molar-refractivity contribution in [1.82, 2.24) is 0 Å². The molecule has 0 aliphatic heterocycles. The summed E-state index contributed by atoms with van der Waals surface area (Å²) in [4.78, 5) is 10.7. The first-order chi connectivity index (χ1) is 9.70. The molecule has 0 aliphatic carbocycles. The Balaban J connectivity index is 3.76. The van der Waals surface area contributed by atoms with E-state index in [1.165, 1.54) is 19.3 Å². The lowest BCUT2D eigenvalue weighted by atomic mass is 10.1. The Bertz CT molecular complexity index is 254. The van der Waals surface area contributed by atoms with Gasteiger partial charge in [0.15, 0.2) is 0 Å². The Morgan fingerprint density at radius 3 is 2.50 bits per heavy atom. The molecule has 0 aromatic heterocycles. The Hall–Kier alpha value is -0.510. The molecule has 0 radical (unpaired) electrons. The Morgan fingerprint density at radius 2 is 1.85 bits per heavy atom. The molecule has 0 saturated carbocycles. The van der Waals surface area contributed by atoms with Gasteiger partial charge in [-0.3, -0.25) is 0 Å². The molecule has 0 saturated heterocycles. The van der Waals surface area contributed by atoms with E-state index in [0.717, 1.165) is 50.3 Å². The van der Waals surface area contributed by atoms with E-state index >= 15 is 0 Å². The van der Waals surface area contributed by atoms with Crippen molar-refractivity contribution in [3.05, 3.63) is 12.2 Å². The number of ether oxygens (including phenoxy) is 1. The van der Waals surface area contributed by atoms with Crippen LogP contribution in [0.4, 0.5) is 4.79 Å². The maximum atomic E-state index is 10.7. The Labute approximate surface area is 131 Å². The second kappa shape index (κ2) is 14.9. The maximum absolute atomic E-state index is 10.7. The minimum Gasteiger partial charge on any atom is -0.450 e. The fraction of sp³-hybridized carbons (Fsp3) is 0.812. The van der Waals surface area contributed by atoms with Crippen LogP contribution in [-0.2, 0) is 4.74 Å². The molecule has 1 N–H and O–H groups in total. The Kier molecular flexibility index (Phi) is 14.5. The van der Waals surface area contributed by atoms with Gasteiger partial charge < -0.3 is 9.84 Å². The van der Waals surface area contributed by atoms with Crippen LogP contribution in [0, 0.1) is 0 Å². The monoisotopic (exact) mass is 348 g/mol. The number of rotatable bonds is 13. The fourth-order valence-electron chi connectivity index (χ4n) is 2.08. The van der Waals surface area contributed by atoms with Crippen molar-refractivity contribution in [1.29, 1.82) is 0 Å². The van der Waals surface area contributed by atoms with Crippen LogP contribution in [0.3, 0.4) is 0 Å². The SMILES string of the molecule is CCCCC/C=C\CCC(CCCCCBr)OC(=O)O. The average molecular weight is 349 g/mol. The van der Waals surface area contributed by atoms with Gasteiger partial charge in [-0.1, -0.05) is 54.3 Å². The summed E-state index contributed by atoms with van der Waals surface area (Å²) in [6.07, 6.45) is 13.8. The van der Waals surface area contributed by atoms with Gasteiger partial charge in [-0.25, -0.2) is 4.79 Å². The Morgan fingerprint density at radius 1 is 1.10 bits per heavy atom. The number of hydrogen-bond donors (Lipinski definition) is 1. The van der Waals surface area contributed by atoms with E-state index in [1.807, 2.05) is 0 Å². The van der Waals surface area contributed by atoms with Crippen LogP contribution in [0.5, 0.6) is 0 Å². The highest BCUT2D eigenvalue weighted by Gasteiger charge is 2.12. The van der Waals surface area contributed by atoms with Crippen molar-refractivity contribution in [3.8, 4) is 0 Å². The number of carboxylic acid groups (broad SMARTS) is 1. The van der Waals surface area contributed by atoms with Crippen LogP contribution in [-0.4, -0.2) is 22.7 Å². The molecule has 0 aromatic carbocycles. The topological polar surface area (TPSA) is 46.5 Å². The summed E-state index contributed by atoms with van der Waals surface area (Å²) in [7, 11) is 0. The highest BCUT2D eigenvalue weighted by Crippen LogP contribution is 2.14. The maximum Gasteiger partial charge on any atom is 0.506 e. The lowest BCUT2D eigenvalue weighted by molar-refractivity contribution is 0.0439. The highest BCUT2D eigenvalue weighted by molar-refractivity contribution is 9.09. The first-order valence-corrected chi connectivity index (χ1v) is 8.93. The standard InChI is InChI=1S/C16H29BrO3/c1-2-3-4-5-6-7-9-12-15(20-16(18)19)13-10-8-11-14-17/h6-7,15H,2-5,8-14H2,1H3,(H,18,19)/b7-6-. The summed E-state index contributed by atoms with van der Waals surface area (Å²) >= 11 is 3.40. The average Bonchev–Trinajstić information content (AvgIpc) is 2.41. The van der Waals surface area contributed by atoms with Gasteiger partial charge in [-0.2, -0.15) is 0 Å². The lowest BCUT2D eigenvalue weighted by Crippen LogP contribution is -2.16. The smallest absolute Gasteiger partial charge is 0.450 e. The van der Waals surface area contributed by atoms with Gasteiger partial charge in [0.05, 0.1) is 0 Å². The third-order valence-corrected chi connectivity index (χ3v) is 3.78. The van der Waals surface area contributed by atoms with Gasteiger partial charge in [0.25, 0.3) is 0 Å². The van der Waals surface area contributed by atoms with Crippen LogP contribution >= 0.6 is 15.9 Å². The van der Waals surface area contributed by atoms with Gasteiger partial charge in [-0.15, -0.1) is 0 Å². The fourth-order valence-corrected chi connectivity index (χ4v) is 2.47. The second-order valence-electron chi connectivity index (χ2n) is 5.09. The normalized spacial score (nSPS) is 12.7. The van der Waals surface area contributed by atoms with Gasteiger partial charge >= 0.3 is 6.16 Å². The molecular weight excluding hydrogens is 320 g/mol. The van der Waals surface area contributed by atoms with Gasteiger partial charge in [0, 0.05) is 5.33 Å². The minimum atomic E-state index is -1.15. The molecule has 3 nitrogen and oxygen atoms in total. The van der Waals surface area contributed by atoms with Crippen LogP contribution in [0.1, 0.15) is 71.1 Å². The lowest BCUT2D eigenvalue weighted by Gasteiger charge is -2.14. The molecule has 1 unspecified atom stereocenters. The van der Waals surface area contributed by atoms with E-state index in [-0.39, 0.29) is 6.10 Å². The van der Waals surface area contributed by atoms with Gasteiger partial charge in [-0.05, 0) is 44.9 Å². The molecule has 20 heavy (non-hydrogen) atoms. The summed E-state index contributed by atoms with van der Waals surface area (Å²) in [5.74, 6) is 0. The molecule has 0 heterocycles. The van der Waals surface area contributed by atoms with Crippen molar-refractivity contribution >= 4 is 22.1 Å². The third-order valence-electron chi connectivity index (χ3n) is 3.22. The van der Waals surface area contributed by atoms with E-state index in [2.05, 4.69) is 35.0 Å². The number of alkyl halides is 1. The molecule has 0 rings (SSSR count). The predicted molar refractivity (Wildman–Crippen MR) is 87.7 cm³/mol. The highest BCUT2D eigenvalue weighted by atomic mass is 79.9. The van der Waals surface area contributed by atoms with Crippen LogP contribution in [0.25, 0.3) is 0 Å². The summed E-state index contributed by atoms with van der Waals surface area (Å²) in [5, 5.41) is 9.75. The summed E-state index contributed by atoms with van der Waals surface area (Å²) in [5.41, 5.74) is 0. The zero-order valence-electron chi connectivity index (χ0n) is 12.7. The van der Waals surface area contributed by atoms with Crippen molar-refractivity contribution in [3.63, 3.8) is 0 Å². The van der Waals surface area contributed by atoms with Crippen LogP contribution in [0.2, 0.25) is 0 Å². The zero-order chi connectivity index (χ0) is 15.1. The summed E-state index contributed by atoms with van der Waals surface area (Å²) in [6, 6.07) is 0. The molecule has 0 amide bonds. The molecule has 0 aliphatic rings. The third kappa shape index (κ3) is 13.9. The number of allylic oxidation sites excluding steroid dienone is 2. The molecule has 0 spiro atoms. The first kappa shape index (κ1) is 19.5. The predicted octanol–water partition coefficient (Wildman–Crippen LogP) is 5.92. The van der Waals surface area contributed by atoms with E-state index in [1.54, 1.807) is 0 Å². The molecule has 1 atom stereocenters. The molecule has 118 valence electrons. The number of hydrogen-bond acceptors (Lipinski definition) is 2. The number of carbonyl (C=O) groups is 1. The van der Waals surface area contributed by atoms with Crippen molar-refractivity contribution < 1.29 is 14.6 Å². The quantitative estimate of drug-likeness (QED) is 0.194. The molecule has 4 heteroatoms. The minimum absolute atomic E-state index is 0.150. The van der Waals surface area contributed by atoms with E-state index < -0.39 is 6.16 Å². The zero-order valence-corrected chi connectivity index (χ0v) is 14.2. The molecule has 0 aromatic rings. The van der Waals surface area contributed by atoms with Crippen LogP contribution in [0.15, 0.2) is 12.2 Å². The van der Waals surface area contributed by atoms with Gasteiger partial charge in [0.2, 0.25) is 0 Å². The van der Waals surface area contributed by atoms with Crippen molar-refractivity contribution in [2.75, 3.05) is 5.33 Å². The van der Waals surface area contributed by atoms with Crippen molar-refractivity contribution in [2.24, 2.45) is 0 Å². The largest absolute Gasteiger partial charge is 0.506 e. The van der Waals surface area contributed by atoms with E-state index in [0.29, 0.717) is 0 Å². The van der Waals surface area contributed by atoms with Gasteiger partial charge in [0.1, 0.15) is 6.10 Å². The number of unbranched alkanes of at least 4 members (excludes halogenated alkanes) is 5. The second-order valence-corrected chi connectivity index (χ2v) is 5.88. The van der Waals surface area contributed by atoms with E-state index in [4.69, 9.17) is 9.84 Å². The summed E-state index contributed by atoms with van der Waals surface area (Å²) < 4.78 is 4.95. The molecule has 0 bridgehead atoms. The molecule has 0 fully saturated rings. The first-order valence-electron chi connectivity index (χ1n) is 7.81. The van der Waals surface area contributed by atoms with Crippen molar-refractivity contribution in [2.45, 2.75) is 77.2 Å². The summed E-state index contributed by atoms with van der Waals surface area (Å²) in [6.45, 7) is 2.20.